The first kappa shape index (κ1) is 58.7. The Morgan fingerprint density at radius 3 is 2.13 bits per heavy atom. The van der Waals surface area contributed by atoms with Gasteiger partial charge in [-0.05, 0) is 99.5 Å². The molecular weight excluding hydrogens is 1070 g/mol. The van der Waals surface area contributed by atoms with Gasteiger partial charge in [-0.1, -0.05) is 54.7 Å². The number of esters is 1. The Morgan fingerprint density at radius 2 is 1.33 bits per heavy atom. The summed E-state index contributed by atoms with van der Waals surface area (Å²) in [6.45, 7) is 24.1. The van der Waals surface area contributed by atoms with Crippen LogP contribution in [-0.2, 0) is 90.1 Å². The van der Waals surface area contributed by atoms with Crippen LogP contribution >= 0.6 is 0 Å². The average Bonchev–Trinajstić information content (AvgIpc) is 1.53. The SMILES string of the molecule is C=C1CC2CCC34OC5C6OC(CCC6OC6C5OC5(OC(C)OC35)C6O4)CC(=O)OC3C(CC4OC(CCC1O2)CC(C)C4=C)OC1CC(OC)C(CC(=O)CC2OC4(CC(C)C2OC)CC(C)C2OC(CC)C(C)CC2O4)OC1C3C. The molecule has 0 radical (unpaired) electrons. The van der Waals surface area contributed by atoms with Gasteiger partial charge in [0.25, 0.3) is 0 Å². The second kappa shape index (κ2) is 22.5. The highest BCUT2D eigenvalue weighted by molar-refractivity contribution is 5.79. The number of ether oxygens (including phenoxy) is 17. The zero-order chi connectivity index (χ0) is 57.6. The highest BCUT2D eigenvalue weighted by Gasteiger charge is 2.83. The predicted molar refractivity (Wildman–Crippen MR) is 293 cm³/mol. The molecule has 12 bridgehead atoms. The molecule has 0 aromatic carbocycles. The summed E-state index contributed by atoms with van der Waals surface area (Å²) in [6, 6.07) is 0. The highest BCUT2D eigenvalue weighted by Crippen LogP contribution is 2.63. The number of hydrogen-bond acceptors (Lipinski definition) is 19. The van der Waals surface area contributed by atoms with Crippen molar-refractivity contribution in [3.63, 3.8) is 0 Å². The van der Waals surface area contributed by atoms with Crippen LogP contribution < -0.4 is 0 Å². The fourth-order valence-electron chi connectivity index (χ4n) is 18.5. The average molecular weight is 1170 g/mol. The molecule has 32 unspecified atom stereocenters. The van der Waals surface area contributed by atoms with Crippen LogP contribution in [0.4, 0.5) is 0 Å². The van der Waals surface area contributed by atoms with Crippen LogP contribution in [0.1, 0.15) is 158 Å². The lowest BCUT2D eigenvalue weighted by Crippen LogP contribution is -2.63. The maximum atomic E-state index is 14.7. The largest absolute Gasteiger partial charge is 0.459 e. The molecule has 15 heterocycles. The molecule has 15 aliphatic rings. The lowest BCUT2D eigenvalue weighted by Gasteiger charge is -2.56. The van der Waals surface area contributed by atoms with E-state index in [1.54, 1.807) is 14.2 Å². The predicted octanol–water partition coefficient (Wildman–Crippen LogP) is 7.67. The van der Waals surface area contributed by atoms with Crippen LogP contribution in [0, 0.1) is 29.6 Å². The minimum Gasteiger partial charge on any atom is -0.459 e. The quantitative estimate of drug-likeness (QED) is 0.178. The van der Waals surface area contributed by atoms with Crippen molar-refractivity contribution < 1.29 is 90.1 Å². The van der Waals surface area contributed by atoms with Crippen LogP contribution in [0.2, 0.25) is 0 Å². The maximum absolute atomic E-state index is 14.7. The summed E-state index contributed by atoms with van der Waals surface area (Å²) in [5.41, 5.74) is 2.07. The molecule has 32 atom stereocenters. The first-order valence-corrected chi connectivity index (χ1v) is 32.3. The van der Waals surface area contributed by atoms with Gasteiger partial charge < -0.3 is 80.5 Å². The topological polar surface area (TPSA) is 191 Å². The third-order valence-electron chi connectivity index (χ3n) is 22.5. The number of fused-ring (bicyclic) bond motifs is 8. The minimum absolute atomic E-state index is 0.00192. The molecule has 15 saturated heterocycles. The van der Waals surface area contributed by atoms with Crippen LogP contribution in [0.25, 0.3) is 0 Å². The number of carbonyl (C=O) groups excluding carboxylic acids is 2. The third-order valence-corrected chi connectivity index (χ3v) is 22.5. The Hall–Kier alpha value is -2.02. The summed E-state index contributed by atoms with van der Waals surface area (Å²) in [6.07, 6.45) is 0.519. The molecule has 15 rings (SSSR count). The van der Waals surface area contributed by atoms with Crippen molar-refractivity contribution in [2.45, 2.75) is 322 Å². The molecule has 19 heteroatoms. The molecule has 0 aromatic heterocycles. The monoisotopic (exact) mass is 1170 g/mol. The smallest absolute Gasteiger partial charge is 0.308 e. The number of Topliss-reactive ketones (excluding diaryl/α,β-unsaturated/α-hetero) is 1. The normalized spacial score (nSPS) is 55.6. The Balaban J connectivity index is 0.701. The van der Waals surface area contributed by atoms with Crippen LogP contribution in [-0.4, -0.2) is 190 Å². The van der Waals surface area contributed by atoms with Gasteiger partial charge in [-0.15, -0.1) is 0 Å². The van der Waals surface area contributed by atoms with Crippen molar-refractivity contribution in [3.05, 3.63) is 24.3 Å². The Morgan fingerprint density at radius 1 is 0.578 bits per heavy atom. The van der Waals surface area contributed by atoms with E-state index >= 15 is 0 Å². The summed E-state index contributed by atoms with van der Waals surface area (Å²) in [7, 11) is 3.37. The van der Waals surface area contributed by atoms with E-state index in [2.05, 4.69) is 54.7 Å². The molecule has 15 aliphatic heterocycles. The van der Waals surface area contributed by atoms with E-state index in [0.717, 1.165) is 49.7 Å². The number of rotatable bonds is 7. The second-order valence-corrected chi connectivity index (χ2v) is 28.2. The first-order valence-electron chi connectivity index (χ1n) is 32.3. The van der Waals surface area contributed by atoms with E-state index in [0.29, 0.717) is 57.3 Å². The lowest BCUT2D eigenvalue weighted by atomic mass is 9.76. The number of ketones is 1. The first-order chi connectivity index (χ1) is 39.9. The van der Waals surface area contributed by atoms with Gasteiger partial charge in [0, 0.05) is 65.1 Å². The van der Waals surface area contributed by atoms with Gasteiger partial charge >= 0.3 is 5.97 Å². The van der Waals surface area contributed by atoms with E-state index < -0.39 is 115 Å². The van der Waals surface area contributed by atoms with Gasteiger partial charge in [0.15, 0.2) is 18.2 Å². The van der Waals surface area contributed by atoms with Crippen LogP contribution in [0.15, 0.2) is 24.3 Å². The van der Waals surface area contributed by atoms with E-state index in [1.807, 2.05) is 6.92 Å². The zero-order valence-electron chi connectivity index (χ0n) is 50.4. The number of hydrogen-bond donors (Lipinski definition) is 0. The molecule has 0 amide bonds. The third kappa shape index (κ3) is 10.2. The Labute approximate surface area is 490 Å². The van der Waals surface area contributed by atoms with Crippen molar-refractivity contribution in [3.8, 4) is 0 Å². The Kier molecular flexibility index (Phi) is 15.9. The zero-order valence-corrected chi connectivity index (χ0v) is 50.4. The van der Waals surface area contributed by atoms with Gasteiger partial charge in [-0.3, -0.25) is 9.59 Å². The number of carbonyl (C=O) groups is 2. The fourth-order valence-corrected chi connectivity index (χ4v) is 18.5. The van der Waals surface area contributed by atoms with Gasteiger partial charge in [-0.2, -0.15) is 0 Å². The molecule has 19 nitrogen and oxygen atoms in total. The van der Waals surface area contributed by atoms with Gasteiger partial charge in [0.2, 0.25) is 11.6 Å². The second-order valence-electron chi connectivity index (χ2n) is 28.2. The minimum atomic E-state index is -1.21. The molecule has 0 N–H and O–H groups in total. The van der Waals surface area contributed by atoms with Gasteiger partial charge in [-0.25, -0.2) is 0 Å². The van der Waals surface area contributed by atoms with E-state index in [9.17, 15) is 9.59 Å². The fraction of sp³-hybridized carbons (Fsp3) is 0.906. The maximum Gasteiger partial charge on any atom is 0.308 e. The summed E-state index contributed by atoms with van der Waals surface area (Å²) >= 11 is 0. The van der Waals surface area contributed by atoms with E-state index in [-0.39, 0.29) is 104 Å². The lowest BCUT2D eigenvalue weighted by molar-refractivity contribution is -0.374. The molecule has 15 fully saturated rings. The standard InChI is InChI=1S/C64H94O19/c1-12-41-31(4)21-49-53(74-41)33(6)28-62(79-49)27-32(5)52(68-11)50(80-62)23-37(65)22-46-45(67-10)26-48-54(76-46)35(8)55-47(73-48)25-44-34(7)29(2)19-38(71-44)13-15-42-30(3)20-40(70-42)17-18-63-61-64(78-36(9)69-61)60(83-63)59-58(82-64)57(81-63)56-43(75-59)16-14-39(72-56)24-51(66)77-55/h29,31-33,35-36,38-50,52-61H,3,7,12-28H2,1-2,4-6,8-11H3. The molecule has 3 spiro atoms. The highest BCUT2D eigenvalue weighted by atomic mass is 16.9. The Bertz CT molecular complexity index is 2440. The molecule has 0 saturated carbocycles. The molecular formula is C64H94O19. The van der Waals surface area contributed by atoms with E-state index in [1.165, 1.54) is 0 Å². The summed E-state index contributed by atoms with van der Waals surface area (Å²) in [4.78, 5) is 29.3. The van der Waals surface area contributed by atoms with E-state index in [4.69, 9.17) is 80.5 Å². The number of methoxy groups -OCH3 is 2. The van der Waals surface area contributed by atoms with Crippen LogP contribution in [0.5, 0.6) is 0 Å². The molecule has 0 aromatic rings. The van der Waals surface area contributed by atoms with Crippen molar-refractivity contribution in [2.24, 2.45) is 29.6 Å². The summed E-state index contributed by atoms with van der Waals surface area (Å²) in [5, 5.41) is 0. The molecule has 0 aliphatic carbocycles. The molecule has 464 valence electrons. The van der Waals surface area contributed by atoms with Gasteiger partial charge in [0.05, 0.1) is 104 Å². The summed E-state index contributed by atoms with van der Waals surface area (Å²) in [5.74, 6) is -3.15. The van der Waals surface area contributed by atoms with Crippen LogP contribution in [0.3, 0.4) is 0 Å². The van der Waals surface area contributed by atoms with Crippen molar-refractivity contribution >= 4 is 11.8 Å². The van der Waals surface area contributed by atoms with Crippen molar-refractivity contribution in [1.82, 2.24) is 0 Å². The van der Waals surface area contributed by atoms with Gasteiger partial charge in [0.1, 0.15) is 42.4 Å². The van der Waals surface area contributed by atoms with Crippen molar-refractivity contribution in [1.29, 1.82) is 0 Å². The van der Waals surface area contributed by atoms with Crippen molar-refractivity contribution in [2.75, 3.05) is 14.2 Å². The molecule has 83 heavy (non-hydrogen) atoms. The summed E-state index contributed by atoms with van der Waals surface area (Å²) < 4.78 is 116.